The highest BCUT2D eigenvalue weighted by atomic mass is 32.1. The van der Waals surface area contributed by atoms with Crippen molar-refractivity contribution in [2.24, 2.45) is 5.41 Å². The van der Waals surface area contributed by atoms with Crippen LogP contribution in [-0.4, -0.2) is 17.7 Å². The van der Waals surface area contributed by atoms with Crippen molar-refractivity contribution < 1.29 is 14.4 Å². The molecule has 1 aliphatic rings. The van der Waals surface area contributed by atoms with E-state index in [1.165, 1.54) is 18.3 Å². The topological polar surface area (TPSA) is 87.3 Å². The third kappa shape index (κ3) is 4.35. The van der Waals surface area contributed by atoms with E-state index < -0.39 is 5.41 Å². The molecule has 0 radical (unpaired) electrons. The third-order valence-electron chi connectivity index (χ3n) is 3.91. The van der Waals surface area contributed by atoms with Crippen molar-refractivity contribution in [2.75, 3.05) is 5.32 Å². The van der Waals surface area contributed by atoms with Crippen molar-refractivity contribution in [1.82, 2.24) is 10.9 Å². The number of hydrogen-bond acceptors (Lipinski definition) is 4. The predicted octanol–water partition coefficient (Wildman–Crippen LogP) is 2.78. The average Bonchev–Trinajstić information content (AvgIpc) is 2.65. The van der Waals surface area contributed by atoms with Crippen molar-refractivity contribution in [3.63, 3.8) is 0 Å². The monoisotopic (exact) mass is 351 g/mol. The van der Waals surface area contributed by atoms with E-state index >= 15 is 0 Å². The summed E-state index contributed by atoms with van der Waals surface area (Å²) in [4.78, 5) is 37.1. The molecule has 6 nitrogen and oxygen atoms in total. The number of rotatable bonds is 2. The maximum Gasteiger partial charge on any atom is 0.272 e. The number of hydrogen-bond donors (Lipinski definition) is 3. The van der Waals surface area contributed by atoms with Crippen LogP contribution in [0.15, 0.2) is 0 Å². The molecule has 0 fully saturated rings. The lowest BCUT2D eigenvalue weighted by Crippen LogP contribution is -2.41. The Morgan fingerprint density at radius 2 is 1.67 bits per heavy atom. The number of aryl methyl sites for hydroxylation is 1. The Labute approximate surface area is 146 Å². The van der Waals surface area contributed by atoms with Crippen LogP contribution in [-0.2, 0) is 22.4 Å². The van der Waals surface area contributed by atoms with Gasteiger partial charge in [0, 0.05) is 17.2 Å². The minimum absolute atomic E-state index is 0.132. The normalized spacial score (nSPS) is 14.3. The zero-order chi connectivity index (χ0) is 17.9. The van der Waals surface area contributed by atoms with Crippen LogP contribution in [0, 0.1) is 5.41 Å². The molecule has 0 spiro atoms. The van der Waals surface area contributed by atoms with E-state index in [0.29, 0.717) is 10.6 Å². The van der Waals surface area contributed by atoms with Crippen molar-refractivity contribution in [2.45, 2.75) is 59.8 Å². The molecule has 0 aliphatic heterocycles. The highest BCUT2D eigenvalue weighted by molar-refractivity contribution is 7.17. The largest absolute Gasteiger partial charge is 0.317 e. The van der Waals surface area contributed by atoms with Gasteiger partial charge in [-0.25, -0.2) is 0 Å². The second-order valence-corrected chi connectivity index (χ2v) is 8.21. The fraction of sp³-hybridized carbons (Fsp3) is 0.588. The Morgan fingerprint density at radius 3 is 2.29 bits per heavy atom. The number of fused-ring (bicyclic) bond motifs is 1. The lowest BCUT2D eigenvalue weighted by Gasteiger charge is -2.18. The van der Waals surface area contributed by atoms with Gasteiger partial charge in [-0.1, -0.05) is 27.2 Å². The van der Waals surface area contributed by atoms with Crippen LogP contribution in [0.5, 0.6) is 0 Å². The Kier molecular flexibility index (Phi) is 5.64. The van der Waals surface area contributed by atoms with Gasteiger partial charge < -0.3 is 5.32 Å². The van der Waals surface area contributed by atoms with E-state index in [1.54, 1.807) is 0 Å². The van der Waals surface area contributed by atoms with Gasteiger partial charge in [0.2, 0.25) is 11.8 Å². The van der Waals surface area contributed by atoms with E-state index in [9.17, 15) is 14.4 Å². The molecule has 24 heavy (non-hydrogen) atoms. The lowest BCUT2D eigenvalue weighted by molar-refractivity contribution is -0.123. The molecule has 0 bridgehead atoms. The molecule has 0 saturated heterocycles. The second kappa shape index (κ2) is 7.34. The van der Waals surface area contributed by atoms with Gasteiger partial charge in [-0.05, 0) is 31.2 Å². The van der Waals surface area contributed by atoms with Crippen LogP contribution in [0.3, 0.4) is 0 Å². The third-order valence-corrected chi connectivity index (χ3v) is 5.12. The number of carbonyl (C=O) groups is 3. The van der Waals surface area contributed by atoms with Crippen molar-refractivity contribution >= 4 is 34.1 Å². The van der Waals surface area contributed by atoms with Gasteiger partial charge in [-0.3, -0.25) is 25.2 Å². The molecule has 1 aliphatic carbocycles. The van der Waals surface area contributed by atoms with E-state index in [4.69, 9.17) is 0 Å². The number of anilines is 1. The first-order chi connectivity index (χ1) is 11.2. The molecule has 0 saturated carbocycles. The first-order valence-electron chi connectivity index (χ1n) is 8.23. The molecule has 7 heteroatoms. The van der Waals surface area contributed by atoms with Gasteiger partial charge in [-0.15, -0.1) is 11.3 Å². The second-order valence-electron chi connectivity index (χ2n) is 7.11. The molecule has 1 aromatic rings. The van der Waals surface area contributed by atoms with Gasteiger partial charge in [0.25, 0.3) is 5.91 Å². The van der Waals surface area contributed by atoms with Crippen LogP contribution in [0.25, 0.3) is 0 Å². The van der Waals surface area contributed by atoms with Crippen LogP contribution in [0.2, 0.25) is 0 Å². The summed E-state index contributed by atoms with van der Waals surface area (Å²) in [5.74, 6) is -0.855. The summed E-state index contributed by atoms with van der Waals surface area (Å²) in [6.45, 7) is 6.82. The van der Waals surface area contributed by atoms with E-state index in [0.717, 1.165) is 42.5 Å². The van der Waals surface area contributed by atoms with Crippen molar-refractivity contribution in [3.05, 3.63) is 16.0 Å². The quantitative estimate of drug-likeness (QED) is 0.565. The molecule has 3 amide bonds. The molecule has 0 atom stereocenters. The van der Waals surface area contributed by atoms with E-state index in [-0.39, 0.29) is 17.7 Å². The number of amides is 3. The summed E-state index contributed by atoms with van der Waals surface area (Å²) in [5.41, 5.74) is 5.69. The molecule has 0 aromatic carbocycles. The average molecular weight is 351 g/mol. The highest BCUT2D eigenvalue weighted by Crippen LogP contribution is 2.38. The smallest absolute Gasteiger partial charge is 0.272 e. The minimum Gasteiger partial charge on any atom is -0.317 e. The molecule has 132 valence electrons. The Balaban J connectivity index is 2.36. The molecule has 1 aromatic heterocycles. The van der Waals surface area contributed by atoms with Gasteiger partial charge in [0.05, 0.1) is 5.56 Å². The lowest BCUT2D eigenvalue weighted by atomic mass is 9.95. The first-order valence-corrected chi connectivity index (χ1v) is 9.04. The Bertz CT molecular complexity index is 659. The SMILES string of the molecule is CC(=O)NNC(=O)c1c(NC(=O)C(C)(C)C)sc2c1CCCCC2. The molecule has 0 unspecified atom stereocenters. The maximum absolute atomic E-state index is 12.6. The van der Waals surface area contributed by atoms with Crippen molar-refractivity contribution in [1.29, 1.82) is 0 Å². The zero-order valence-electron chi connectivity index (χ0n) is 14.7. The zero-order valence-corrected chi connectivity index (χ0v) is 15.5. The summed E-state index contributed by atoms with van der Waals surface area (Å²) >= 11 is 1.48. The summed E-state index contributed by atoms with van der Waals surface area (Å²) in [7, 11) is 0. The first kappa shape index (κ1) is 18.4. The van der Waals surface area contributed by atoms with Gasteiger partial charge in [0.1, 0.15) is 5.00 Å². The van der Waals surface area contributed by atoms with Crippen LogP contribution in [0.1, 0.15) is 67.8 Å². The Morgan fingerprint density at radius 1 is 1.00 bits per heavy atom. The molecule has 3 N–H and O–H groups in total. The van der Waals surface area contributed by atoms with E-state index in [2.05, 4.69) is 16.2 Å². The van der Waals surface area contributed by atoms with Gasteiger partial charge >= 0.3 is 0 Å². The molecular formula is C17H25N3O3S. The minimum atomic E-state index is -0.549. The van der Waals surface area contributed by atoms with Gasteiger partial charge in [0.15, 0.2) is 0 Å². The fourth-order valence-electron chi connectivity index (χ4n) is 2.57. The molecule has 1 heterocycles. The van der Waals surface area contributed by atoms with Crippen LogP contribution < -0.4 is 16.2 Å². The van der Waals surface area contributed by atoms with Crippen LogP contribution >= 0.6 is 11.3 Å². The van der Waals surface area contributed by atoms with Crippen LogP contribution in [0.4, 0.5) is 5.00 Å². The van der Waals surface area contributed by atoms with Gasteiger partial charge in [-0.2, -0.15) is 0 Å². The summed E-state index contributed by atoms with van der Waals surface area (Å²) in [5, 5.41) is 3.48. The highest BCUT2D eigenvalue weighted by Gasteiger charge is 2.28. The van der Waals surface area contributed by atoms with E-state index in [1.807, 2.05) is 20.8 Å². The molecule has 2 rings (SSSR count). The number of thiophene rings is 1. The summed E-state index contributed by atoms with van der Waals surface area (Å²) in [6.07, 6.45) is 4.99. The molecular weight excluding hydrogens is 326 g/mol. The fourth-order valence-corrected chi connectivity index (χ4v) is 3.85. The maximum atomic E-state index is 12.6. The predicted molar refractivity (Wildman–Crippen MR) is 94.9 cm³/mol. The number of nitrogens with one attached hydrogen (secondary N) is 3. The van der Waals surface area contributed by atoms with Crippen molar-refractivity contribution in [3.8, 4) is 0 Å². The standard InChI is InChI=1S/C17H25N3O3S/c1-10(21)19-20-14(22)13-11-8-6-5-7-9-12(11)24-15(13)18-16(23)17(2,3)4/h5-9H2,1-4H3,(H,18,23)(H,19,21)(H,20,22). The number of carbonyl (C=O) groups excluding carboxylic acids is 3. The summed E-state index contributed by atoms with van der Waals surface area (Å²) in [6, 6.07) is 0. The summed E-state index contributed by atoms with van der Waals surface area (Å²) < 4.78 is 0. The number of hydrazine groups is 1. The Hall–Kier alpha value is -1.89.